The zero-order valence-corrected chi connectivity index (χ0v) is 12.1. The molecule has 2 rings (SSSR count). The molecule has 1 nitrogen and oxygen atoms in total. The zero-order valence-electron chi connectivity index (χ0n) is 8.38. The Morgan fingerprint density at radius 2 is 1.88 bits per heavy atom. The number of hydrogen-bond donors (Lipinski definition) is 1. The first kappa shape index (κ1) is 13.2. The molecule has 0 saturated carbocycles. The van der Waals surface area contributed by atoms with E-state index in [1.54, 1.807) is 0 Å². The largest absolute Gasteiger partial charge is 0.320 e. The summed E-state index contributed by atoms with van der Waals surface area (Å²) in [5.74, 6) is -1.91. The summed E-state index contributed by atoms with van der Waals surface area (Å²) in [5, 5.41) is 2.02. The monoisotopic (exact) mass is 385 g/mol. The van der Waals surface area contributed by atoms with Crippen LogP contribution >= 0.6 is 45.5 Å². The van der Waals surface area contributed by atoms with Crippen molar-refractivity contribution in [1.82, 2.24) is 0 Å². The fourth-order valence-corrected chi connectivity index (χ4v) is 3.12. The van der Waals surface area contributed by atoms with Crippen LogP contribution in [0.3, 0.4) is 0 Å². The fourth-order valence-electron chi connectivity index (χ4n) is 1.44. The van der Waals surface area contributed by atoms with Crippen LogP contribution in [0.1, 0.15) is 17.2 Å². The van der Waals surface area contributed by atoms with Gasteiger partial charge >= 0.3 is 0 Å². The molecule has 0 spiro atoms. The van der Waals surface area contributed by atoms with Gasteiger partial charge in [0.25, 0.3) is 0 Å². The molecule has 0 saturated heterocycles. The van der Waals surface area contributed by atoms with E-state index in [-0.39, 0.29) is 5.02 Å². The van der Waals surface area contributed by atoms with Crippen LogP contribution in [0.2, 0.25) is 5.02 Å². The molecule has 0 bridgehead atoms. The SMILES string of the molecule is NC(c1csc(I)c1)c1cc(F)c(F)cc1Cl. The van der Waals surface area contributed by atoms with Crippen molar-refractivity contribution in [2.45, 2.75) is 6.04 Å². The number of halogens is 4. The predicted octanol–water partition coefficient (Wildman–Crippen LogP) is 4.33. The van der Waals surface area contributed by atoms with Crippen molar-refractivity contribution in [2.75, 3.05) is 0 Å². The molecule has 0 radical (unpaired) electrons. The molecular formula is C11H7ClF2INS. The van der Waals surface area contributed by atoms with Crippen LogP contribution in [0, 0.1) is 14.5 Å². The second kappa shape index (κ2) is 5.17. The zero-order chi connectivity index (χ0) is 12.6. The van der Waals surface area contributed by atoms with Crippen molar-refractivity contribution in [3.8, 4) is 0 Å². The van der Waals surface area contributed by atoms with Gasteiger partial charge in [0.1, 0.15) is 0 Å². The standard InChI is InChI=1S/C11H7ClF2INS/c12-7-3-9(14)8(13)2-6(7)11(16)5-1-10(15)17-4-5/h1-4,11H,16H2. The van der Waals surface area contributed by atoms with Gasteiger partial charge in [0.2, 0.25) is 0 Å². The van der Waals surface area contributed by atoms with Crippen LogP contribution in [0.4, 0.5) is 8.78 Å². The van der Waals surface area contributed by atoms with Crippen molar-refractivity contribution in [1.29, 1.82) is 0 Å². The molecule has 2 N–H and O–H groups in total. The lowest BCUT2D eigenvalue weighted by Gasteiger charge is -2.12. The van der Waals surface area contributed by atoms with E-state index in [1.807, 2.05) is 11.4 Å². The summed E-state index contributed by atoms with van der Waals surface area (Å²) in [7, 11) is 0. The van der Waals surface area contributed by atoms with Gasteiger partial charge in [0, 0.05) is 5.02 Å². The molecule has 1 aromatic heterocycles. The maximum Gasteiger partial charge on any atom is 0.160 e. The third-order valence-electron chi connectivity index (χ3n) is 2.32. The highest BCUT2D eigenvalue weighted by Crippen LogP contribution is 2.31. The highest BCUT2D eigenvalue weighted by Gasteiger charge is 2.17. The van der Waals surface area contributed by atoms with Gasteiger partial charge < -0.3 is 5.73 Å². The van der Waals surface area contributed by atoms with Crippen LogP contribution in [-0.2, 0) is 0 Å². The lowest BCUT2D eigenvalue weighted by molar-refractivity contribution is 0.506. The average molecular weight is 386 g/mol. The van der Waals surface area contributed by atoms with E-state index in [9.17, 15) is 8.78 Å². The Balaban J connectivity index is 2.43. The Morgan fingerprint density at radius 3 is 2.47 bits per heavy atom. The van der Waals surface area contributed by atoms with Gasteiger partial charge in [-0.05, 0) is 57.3 Å². The Kier molecular flexibility index (Phi) is 4.02. The first-order valence-electron chi connectivity index (χ1n) is 4.63. The Hall–Kier alpha value is -0.240. The smallest absolute Gasteiger partial charge is 0.160 e. The van der Waals surface area contributed by atoms with Gasteiger partial charge in [0.15, 0.2) is 11.6 Å². The van der Waals surface area contributed by atoms with Gasteiger partial charge in [-0.2, -0.15) is 0 Å². The van der Waals surface area contributed by atoms with Crippen LogP contribution in [0.5, 0.6) is 0 Å². The minimum atomic E-state index is -0.967. The second-order valence-corrected chi connectivity index (χ2v) is 6.66. The van der Waals surface area contributed by atoms with E-state index in [0.717, 1.165) is 20.6 Å². The first-order valence-corrected chi connectivity index (χ1v) is 6.96. The number of benzene rings is 1. The summed E-state index contributed by atoms with van der Waals surface area (Å²) < 4.78 is 27.2. The molecule has 1 heterocycles. The average Bonchev–Trinajstić information content (AvgIpc) is 2.69. The van der Waals surface area contributed by atoms with Crippen molar-refractivity contribution in [3.05, 3.63) is 54.2 Å². The number of nitrogens with two attached hydrogens (primary N) is 1. The molecular weight excluding hydrogens is 379 g/mol. The molecule has 0 fully saturated rings. The lowest BCUT2D eigenvalue weighted by atomic mass is 10.0. The minimum absolute atomic E-state index is 0.137. The molecule has 1 atom stereocenters. The summed E-state index contributed by atoms with van der Waals surface area (Å²) in [6, 6.07) is 3.35. The second-order valence-electron chi connectivity index (χ2n) is 3.45. The summed E-state index contributed by atoms with van der Waals surface area (Å²) in [5.41, 5.74) is 7.21. The van der Waals surface area contributed by atoms with Crippen LogP contribution in [0.25, 0.3) is 0 Å². The molecule has 1 aromatic carbocycles. The highest BCUT2D eigenvalue weighted by molar-refractivity contribution is 14.1. The molecule has 1 unspecified atom stereocenters. The molecule has 2 aromatic rings. The van der Waals surface area contributed by atoms with Gasteiger partial charge in [0.05, 0.1) is 8.93 Å². The highest BCUT2D eigenvalue weighted by atomic mass is 127. The van der Waals surface area contributed by atoms with Crippen molar-refractivity contribution >= 4 is 45.5 Å². The van der Waals surface area contributed by atoms with E-state index in [1.165, 1.54) is 11.3 Å². The first-order chi connectivity index (χ1) is 7.99. The lowest BCUT2D eigenvalue weighted by Crippen LogP contribution is -2.12. The molecule has 0 amide bonds. The summed E-state index contributed by atoms with van der Waals surface area (Å²) in [6.07, 6.45) is 0. The molecule has 90 valence electrons. The molecule has 6 heteroatoms. The van der Waals surface area contributed by atoms with Crippen LogP contribution in [-0.4, -0.2) is 0 Å². The van der Waals surface area contributed by atoms with Gasteiger partial charge in [-0.15, -0.1) is 11.3 Å². The van der Waals surface area contributed by atoms with Crippen molar-refractivity contribution in [2.24, 2.45) is 5.73 Å². The normalized spacial score (nSPS) is 12.8. The Labute approximate surface area is 120 Å². The van der Waals surface area contributed by atoms with Gasteiger partial charge in [-0.3, -0.25) is 0 Å². The fraction of sp³-hybridized carbons (Fsp3) is 0.0909. The number of thiophene rings is 1. The molecule has 17 heavy (non-hydrogen) atoms. The Bertz CT molecular complexity index is 558. The number of rotatable bonds is 2. The van der Waals surface area contributed by atoms with E-state index < -0.39 is 17.7 Å². The van der Waals surface area contributed by atoms with Crippen molar-refractivity contribution in [3.63, 3.8) is 0 Å². The van der Waals surface area contributed by atoms with E-state index >= 15 is 0 Å². The van der Waals surface area contributed by atoms with E-state index in [2.05, 4.69) is 22.6 Å². The third-order valence-corrected chi connectivity index (χ3v) is 4.46. The van der Waals surface area contributed by atoms with Gasteiger partial charge in [-0.1, -0.05) is 11.6 Å². The van der Waals surface area contributed by atoms with E-state index in [0.29, 0.717) is 5.56 Å². The molecule has 0 aliphatic carbocycles. The quantitative estimate of drug-likeness (QED) is 0.604. The number of hydrogen-bond acceptors (Lipinski definition) is 2. The summed E-state index contributed by atoms with van der Waals surface area (Å²) >= 11 is 9.57. The van der Waals surface area contributed by atoms with Crippen molar-refractivity contribution < 1.29 is 8.78 Å². The summed E-state index contributed by atoms with van der Waals surface area (Å²) in [4.78, 5) is 0. The third kappa shape index (κ3) is 2.78. The van der Waals surface area contributed by atoms with Gasteiger partial charge in [-0.25, -0.2) is 8.78 Å². The predicted molar refractivity (Wildman–Crippen MR) is 74.4 cm³/mol. The molecule has 0 aliphatic rings. The van der Waals surface area contributed by atoms with Crippen LogP contribution in [0.15, 0.2) is 23.6 Å². The Morgan fingerprint density at radius 1 is 1.24 bits per heavy atom. The molecule has 0 aliphatic heterocycles. The summed E-state index contributed by atoms with van der Waals surface area (Å²) in [6.45, 7) is 0. The van der Waals surface area contributed by atoms with Crippen LogP contribution < -0.4 is 5.73 Å². The van der Waals surface area contributed by atoms with E-state index in [4.69, 9.17) is 17.3 Å². The maximum atomic E-state index is 13.2. The minimum Gasteiger partial charge on any atom is -0.320 e. The topological polar surface area (TPSA) is 26.0 Å². The maximum absolute atomic E-state index is 13.2.